The third-order valence-electron chi connectivity index (χ3n) is 1.57. The molecule has 2 N–H and O–H groups in total. The van der Waals surface area contributed by atoms with Gasteiger partial charge in [0.1, 0.15) is 6.10 Å². The number of halogens is 3. The Balaban J connectivity index is 4.05. The molecule has 0 rings (SSSR count). The van der Waals surface area contributed by atoms with Gasteiger partial charge in [0.2, 0.25) is 10.0 Å². The molecule has 0 bridgehead atoms. The second-order valence-corrected chi connectivity index (χ2v) is 5.45. The molecule has 0 fully saturated rings. The van der Waals surface area contributed by atoms with Crippen molar-refractivity contribution in [1.29, 1.82) is 0 Å². The molecule has 0 aromatic rings. The van der Waals surface area contributed by atoms with E-state index in [2.05, 4.69) is 0 Å². The Labute approximate surface area is 92.7 Å². The number of aliphatic hydroxyl groups excluding tert-OH is 1. The van der Waals surface area contributed by atoms with Crippen LogP contribution in [0.1, 0.15) is 6.92 Å². The van der Waals surface area contributed by atoms with E-state index in [1.807, 2.05) is 4.72 Å². The van der Waals surface area contributed by atoms with Crippen molar-refractivity contribution in [2.24, 2.45) is 5.92 Å². The summed E-state index contributed by atoms with van der Waals surface area (Å²) in [5, 5.41) is 8.68. The summed E-state index contributed by atoms with van der Waals surface area (Å²) in [7, 11) is -3.65. The van der Waals surface area contributed by atoms with Crippen LogP contribution in [0.2, 0.25) is 0 Å². The first-order valence-electron chi connectivity index (χ1n) is 4.28. The van der Waals surface area contributed by atoms with E-state index in [1.165, 1.54) is 0 Å². The molecule has 0 aromatic heterocycles. The lowest BCUT2D eigenvalue weighted by atomic mass is 10.3. The Morgan fingerprint density at radius 3 is 2.40 bits per heavy atom. The molecule has 0 aliphatic carbocycles. The highest BCUT2D eigenvalue weighted by Crippen LogP contribution is 2.03. The molecule has 0 saturated carbocycles. The molecule has 0 saturated heterocycles. The summed E-state index contributed by atoms with van der Waals surface area (Å²) in [6, 6.07) is 0. The molecule has 4 nitrogen and oxygen atoms in total. The van der Waals surface area contributed by atoms with Gasteiger partial charge < -0.3 is 5.11 Å². The van der Waals surface area contributed by atoms with Crippen molar-refractivity contribution in [1.82, 2.24) is 4.72 Å². The zero-order valence-corrected chi connectivity index (χ0v) is 9.73. The van der Waals surface area contributed by atoms with Gasteiger partial charge in [-0.25, -0.2) is 21.9 Å². The second-order valence-electron chi connectivity index (χ2n) is 3.29. The number of hydrogen-bond donors (Lipinski definition) is 2. The maximum atomic E-state index is 11.8. The van der Waals surface area contributed by atoms with E-state index in [4.69, 9.17) is 16.7 Å². The summed E-state index contributed by atoms with van der Waals surface area (Å²) >= 11 is 5.41. The Kier molecular flexibility index (Phi) is 6.58. The molecule has 8 heteroatoms. The van der Waals surface area contributed by atoms with Crippen LogP contribution in [-0.2, 0) is 10.0 Å². The van der Waals surface area contributed by atoms with Gasteiger partial charge >= 0.3 is 0 Å². The zero-order chi connectivity index (χ0) is 12.1. The lowest BCUT2D eigenvalue weighted by Crippen LogP contribution is -2.38. The largest absolute Gasteiger partial charge is 0.386 e. The first-order valence-corrected chi connectivity index (χ1v) is 6.46. The Hall–Kier alpha value is 0.0200. The topological polar surface area (TPSA) is 66.4 Å². The Bertz CT molecular complexity index is 273. The standard InChI is InChI=1S/C7H14ClF2NO3S/c1-5(2-8)4-15(13,14)11-3-6(12)7(9)10/h5-7,11-12H,2-4H2,1H3. The highest BCUT2D eigenvalue weighted by atomic mass is 35.5. The first kappa shape index (κ1) is 15.0. The average molecular weight is 266 g/mol. The molecule has 0 radical (unpaired) electrons. The van der Waals surface area contributed by atoms with E-state index >= 15 is 0 Å². The summed E-state index contributed by atoms with van der Waals surface area (Å²) in [5.74, 6) is -0.349. The average Bonchev–Trinajstić information content (AvgIpc) is 2.13. The quantitative estimate of drug-likeness (QED) is 0.655. The molecule has 0 aliphatic rings. The van der Waals surface area contributed by atoms with E-state index < -0.39 is 29.1 Å². The lowest BCUT2D eigenvalue weighted by Gasteiger charge is -2.13. The molecular weight excluding hydrogens is 252 g/mol. The SMILES string of the molecule is CC(CCl)CS(=O)(=O)NCC(O)C(F)F. The normalized spacial score (nSPS) is 16.7. The third-order valence-corrected chi connectivity index (χ3v) is 3.71. The zero-order valence-electron chi connectivity index (χ0n) is 8.16. The van der Waals surface area contributed by atoms with E-state index in [9.17, 15) is 17.2 Å². The fourth-order valence-electron chi connectivity index (χ4n) is 0.779. The van der Waals surface area contributed by atoms with Crippen LogP contribution in [-0.4, -0.2) is 44.2 Å². The lowest BCUT2D eigenvalue weighted by molar-refractivity contribution is -0.000456. The number of sulfonamides is 1. The van der Waals surface area contributed by atoms with E-state index in [1.54, 1.807) is 6.92 Å². The summed E-state index contributed by atoms with van der Waals surface area (Å²) < 4.78 is 47.9. The fraction of sp³-hybridized carbons (Fsp3) is 1.00. The molecule has 92 valence electrons. The van der Waals surface area contributed by atoms with Crippen LogP contribution in [0, 0.1) is 5.92 Å². The maximum absolute atomic E-state index is 11.8. The van der Waals surface area contributed by atoms with Gasteiger partial charge in [-0.15, -0.1) is 11.6 Å². The van der Waals surface area contributed by atoms with E-state index in [0.717, 1.165) is 0 Å². The molecule has 0 aliphatic heterocycles. The van der Waals surface area contributed by atoms with Crippen LogP contribution < -0.4 is 4.72 Å². The second kappa shape index (κ2) is 6.57. The van der Waals surface area contributed by atoms with Crippen LogP contribution >= 0.6 is 11.6 Å². The van der Waals surface area contributed by atoms with Crippen molar-refractivity contribution in [3.05, 3.63) is 0 Å². The highest BCUT2D eigenvalue weighted by molar-refractivity contribution is 7.89. The summed E-state index contributed by atoms with van der Waals surface area (Å²) in [5.41, 5.74) is 0. The molecule has 2 unspecified atom stereocenters. The van der Waals surface area contributed by atoms with Gasteiger partial charge in [-0.05, 0) is 5.92 Å². The van der Waals surface area contributed by atoms with Crippen LogP contribution in [0.4, 0.5) is 8.78 Å². The predicted octanol–water partition coefficient (Wildman–Crippen LogP) is 0.407. The van der Waals surface area contributed by atoms with Crippen LogP contribution in [0.3, 0.4) is 0 Å². The minimum Gasteiger partial charge on any atom is -0.386 e. The number of hydrogen-bond acceptors (Lipinski definition) is 3. The number of aliphatic hydroxyl groups is 1. The van der Waals surface area contributed by atoms with Gasteiger partial charge in [-0.1, -0.05) is 6.92 Å². The number of rotatable bonds is 7. The Morgan fingerprint density at radius 1 is 1.47 bits per heavy atom. The van der Waals surface area contributed by atoms with E-state index in [0.29, 0.717) is 0 Å². The van der Waals surface area contributed by atoms with Crippen LogP contribution in [0.5, 0.6) is 0 Å². The van der Waals surface area contributed by atoms with E-state index in [-0.39, 0.29) is 17.6 Å². The van der Waals surface area contributed by atoms with Crippen molar-refractivity contribution in [3.8, 4) is 0 Å². The molecule has 0 amide bonds. The molecular formula is C7H14ClF2NO3S. The maximum Gasteiger partial charge on any atom is 0.265 e. The Morgan fingerprint density at radius 2 is 2.00 bits per heavy atom. The van der Waals surface area contributed by atoms with Crippen molar-refractivity contribution in [2.45, 2.75) is 19.5 Å². The van der Waals surface area contributed by atoms with Crippen LogP contribution in [0.25, 0.3) is 0 Å². The van der Waals surface area contributed by atoms with Gasteiger partial charge in [0, 0.05) is 12.4 Å². The van der Waals surface area contributed by atoms with Gasteiger partial charge in [-0.3, -0.25) is 0 Å². The van der Waals surface area contributed by atoms with Gasteiger partial charge in [0.15, 0.2) is 0 Å². The third kappa shape index (κ3) is 6.99. The predicted molar refractivity (Wildman–Crippen MR) is 53.7 cm³/mol. The van der Waals surface area contributed by atoms with Crippen LogP contribution in [0.15, 0.2) is 0 Å². The summed E-state index contributed by atoms with van der Waals surface area (Å²) in [6.07, 6.45) is -4.94. The molecule has 0 spiro atoms. The summed E-state index contributed by atoms with van der Waals surface area (Å²) in [4.78, 5) is 0. The number of nitrogens with one attached hydrogen (secondary N) is 1. The summed E-state index contributed by atoms with van der Waals surface area (Å²) in [6.45, 7) is 0.935. The smallest absolute Gasteiger partial charge is 0.265 e. The number of alkyl halides is 3. The highest BCUT2D eigenvalue weighted by Gasteiger charge is 2.21. The van der Waals surface area contributed by atoms with Crippen molar-refractivity contribution in [3.63, 3.8) is 0 Å². The molecule has 2 atom stereocenters. The molecule has 0 aromatic carbocycles. The molecule has 0 heterocycles. The monoisotopic (exact) mass is 265 g/mol. The fourth-order valence-corrected chi connectivity index (χ4v) is 2.43. The first-order chi connectivity index (χ1) is 6.78. The van der Waals surface area contributed by atoms with Gasteiger partial charge in [-0.2, -0.15) is 0 Å². The van der Waals surface area contributed by atoms with Crippen molar-refractivity contribution >= 4 is 21.6 Å². The minimum absolute atomic E-state index is 0.165. The molecule has 15 heavy (non-hydrogen) atoms. The van der Waals surface area contributed by atoms with Gasteiger partial charge in [0.25, 0.3) is 6.43 Å². The van der Waals surface area contributed by atoms with Crippen molar-refractivity contribution < 1.29 is 22.3 Å². The van der Waals surface area contributed by atoms with Gasteiger partial charge in [0.05, 0.1) is 5.75 Å². The van der Waals surface area contributed by atoms with Crippen molar-refractivity contribution in [2.75, 3.05) is 18.2 Å². The minimum atomic E-state index is -3.65.